The summed E-state index contributed by atoms with van der Waals surface area (Å²) in [5, 5.41) is 2.82. The van der Waals surface area contributed by atoms with Gasteiger partial charge < -0.3 is 15.0 Å². The van der Waals surface area contributed by atoms with Crippen molar-refractivity contribution >= 4 is 35.0 Å². The van der Waals surface area contributed by atoms with Crippen LogP contribution in [-0.2, 0) is 4.79 Å². The van der Waals surface area contributed by atoms with Gasteiger partial charge in [-0.25, -0.2) is 0 Å². The van der Waals surface area contributed by atoms with Crippen molar-refractivity contribution in [3.8, 4) is 5.75 Å². The van der Waals surface area contributed by atoms with Gasteiger partial charge in [-0.2, -0.15) is 0 Å². The molecule has 1 heterocycles. The van der Waals surface area contributed by atoms with Crippen LogP contribution in [0.1, 0.15) is 34.6 Å². The second kappa shape index (κ2) is 8.93. The van der Waals surface area contributed by atoms with Gasteiger partial charge in [-0.05, 0) is 50.2 Å². The van der Waals surface area contributed by atoms with Crippen molar-refractivity contribution in [3.05, 3.63) is 59.7 Å². The van der Waals surface area contributed by atoms with Gasteiger partial charge in [0.1, 0.15) is 11.8 Å². The van der Waals surface area contributed by atoms with Crippen LogP contribution < -0.4 is 10.1 Å². The minimum Gasteiger partial charge on any atom is -0.494 e. The third-order valence-electron chi connectivity index (χ3n) is 4.39. The van der Waals surface area contributed by atoms with Gasteiger partial charge in [-0.15, -0.1) is 11.8 Å². The Hall–Kier alpha value is -2.80. The predicted octanol–water partition coefficient (Wildman–Crippen LogP) is 3.44. The Morgan fingerprint density at radius 2 is 1.89 bits per heavy atom. The highest BCUT2D eigenvalue weighted by molar-refractivity contribution is 7.99. The van der Waals surface area contributed by atoms with Crippen molar-refractivity contribution < 1.29 is 19.1 Å². The van der Waals surface area contributed by atoms with E-state index in [1.54, 1.807) is 53.4 Å². The standard InChI is InChI=1S/C21H22N2O4S/c1-3-27-18-9-7-15(8-10-18)21(26)23-13-28-12-19(23)20(25)22-17-6-4-5-16(11-17)14(2)24/h4-11,19H,3,12-13H2,1-2H3,(H,22,25)/t19-/m0/s1. The van der Waals surface area contributed by atoms with Crippen LogP contribution in [0.2, 0.25) is 0 Å². The number of carbonyl (C=O) groups excluding carboxylic acids is 3. The molecule has 0 spiro atoms. The van der Waals surface area contributed by atoms with Crippen molar-refractivity contribution in [2.45, 2.75) is 19.9 Å². The average Bonchev–Trinajstić information content (AvgIpc) is 3.18. The van der Waals surface area contributed by atoms with Crippen molar-refractivity contribution in [1.29, 1.82) is 0 Å². The first-order chi connectivity index (χ1) is 13.5. The average molecular weight is 398 g/mol. The first kappa shape index (κ1) is 19.9. The Bertz CT molecular complexity index is 882. The normalized spacial score (nSPS) is 15.9. The molecule has 0 aromatic heterocycles. The number of nitrogens with zero attached hydrogens (tertiary/aromatic N) is 1. The number of Topliss-reactive ketones (excluding diaryl/α,β-unsaturated/α-hetero) is 1. The molecule has 2 amide bonds. The lowest BCUT2D eigenvalue weighted by molar-refractivity contribution is -0.119. The number of thioether (sulfide) groups is 1. The zero-order valence-electron chi connectivity index (χ0n) is 15.8. The van der Waals surface area contributed by atoms with Crippen molar-refractivity contribution in [3.63, 3.8) is 0 Å². The topological polar surface area (TPSA) is 75.7 Å². The first-order valence-corrected chi connectivity index (χ1v) is 10.2. The summed E-state index contributed by atoms with van der Waals surface area (Å²) in [5.41, 5.74) is 1.59. The van der Waals surface area contributed by atoms with E-state index >= 15 is 0 Å². The third-order valence-corrected chi connectivity index (χ3v) is 5.41. The van der Waals surface area contributed by atoms with E-state index in [1.807, 2.05) is 6.92 Å². The van der Waals surface area contributed by atoms with Crippen molar-refractivity contribution in [1.82, 2.24) is 4.90 Å². The molecular formula is C21H22N2O4S. The second-order valence-electron chi connectivity index (χ2n) is 6.37. The van der Waals surface area contributed by atoms with Gasteiger partial charge >= 0.3 is 0 Å². The van der Waals surface area contributed by atoms with Crippen molar-refractivity contribution in [2.75, 3.05) is 23.6 Å². The Morgan fingerprint density at radius 3 is 2.57 bits per heavy atom. The molecule has 7 heteroatoms. The zero-order chi connectivity index (χ0) is 20.1. The molecule has 1 atom stereocenters. The molecule has 6 nitrogen and oxygen atoms in total. The SMILES string of the molecule is CCOc1ccc(C(=O)N2CSC[C@H]2C(=O)Nc2cccc(C(C)=O)c2)cc1. The van der Waals surface area contributed by atoms with Gasteiger partial charge in [-0.3, -0.25) is 14.4 Å². The van der Waals surface area contributed by atoms with Crippen LogP contribution in [0.3, 0.4) is 0 Å². The molecule has 1 saturated heterocycles. The number of rotatable bonds is 6. The quantitative estimate of drug-likeness (QED) is 0.755. The van der Waals surface area contributed by atoms with Crippen LogP contribution in [-0.4, -0.2) is 46.8 Å². The number of anilines is 1. The fraction of sp³-hybridized carbons (Fsp3) is 0.286. The number of amides is 2. The monoisotopic (exact) mass is 398 g/mol. The Morgan fingerprint density at radius 1 is 1.14 bits per heavy atom. The molecule has 1 aliphatic heterocycles. The summed E-state index contributed by atoms with van der Waals surface area (Å²) in [4.78, 5) is 38.7. The Kier molecular flexibility index (Phi) is 6.36. The summed E-state index contributed by atoms with van der Waals surface area (Å²) in [7, 11) is 0. The molecule has 3 rings (SSSR count). The molecule has 1 fully saturated rings. The lowest BCUT2D eigenvalue weighted by atomic mass is 10.1. The zero-order valence-corrected chi connectivity index (χ0v) is 16.6. The number of hydrogen-bond acceptors (Lipinski definition) is 5. The highest BCUT2D eigenvalue weighted by Gasteiger charge is 2.35. The van der Waals surface area contributed by atoms with E-state index < -0.39 is 6.04 Å². The van der Waals surface area contributed by atoms with Crippen LogP contribution in [0.4, 0.5) is 5.69 Å². The summed E-state index contributed by atoms with van der Waals surface area (Å²) in [6.07, 6.45) is 0. The van der Waals surface area contributed by atoms with E-state index in [-0.39, 0.29) is 17.6 Å². The molecule has 0 aliphatic carbocycles. The van der Waals surface area contributed by atoms with E-state index in [0.717, 1.165) is 0 Å². The van der Waals surface area contributed by atoms with E-state index in [4.69, 9.17) is 4.74 Å². The summed E-state index contributed by atoms with van der Waals surface area (Å²) >= 11 is 1.54. The maximum atomic E-state index is 12.9. The van der Waals surface area contributed by atoms with Gasteiger partial charge in [0.25, 0.3) is 5.91 Å². The van der Waals surface area contributed by atoms with Gasteiger partial charge in [0.05, 0.1) is 12.5 Å². The highest BCUT2D eigenvalue weighted by Crippen LogP contribution is 2.25. The Labute approximate surface area is 168 Å². The van der Waals surface area contributed by atoms with E-state index in [0.29, 0.717) is 40.8 Å². The molecule has 2 aromatic carbocycles. The van der Waals surface area contributed by atoms with E-state index in [2.05, 4.69) is 5.32 Å². The predicted molar refractivity (Wildman–Crippen MR) is 110 cm³/mol. The molecule has 0 unspecified atom stereocenters. The van der Waals surface area contributed by atoms with Crippen LogP contribution in [0.25, 0.3) is 0 Å². The molecule has 146 valence electrons. The summed E-state index contributed by atoms with van der Waals surface area (Å²) in [5.74, 6) is 1.17. The minimum atomic E-state index is -0.565. The molecule has 1 N–H and O–H groups in total. The van der Waals surface area contributed by atoms with Gasteiger partial charge in [-0.1, -0.05) is 12.1 Å². The maximum absolute atomic E-state index is 12.9. The molecule has 0 bridgehead atoms. The van der Waals surface area contributed by atoms with Crippen LogP contribution in [0, 0.1) is 0 Å². The molecular weight excluding hydrogens is 376 g/mol. The van der Waals surface area contributed by atoms with E-state index in [1.165, 1.54) is 18.7 Å². The van der Waals surface area contributed by atoms with Crippen molar-refractivity contribution in [2.24, 2.45) is 0 Å². The molecule has 0 saturated carbocycles. The lowest BCUT2D eigenvalue weighted by Crippen LogP contribution is -2.44. The van der Waals surface area contributed by atoms with Gasteiger partial charge in [0, 0.05) is 22.6 Å². The van der Waals surface area contributed by atoms with Gasteiger partial charge in [0.15, 0.2) is 5.78 Å². The highest BCUT2D eigenvalue weighted by atomic mass is 32.2. The first-order valence-electron chi connectivity index (χ1n) is 9.03. The van der Waals surface area contributed by atoms with Crippen LogP contribution >= 0.6 is 11.8 Å². The molecule has 0 radical (unpaired) electrons. The number of ketones is 1. The second-order valence-corrected chi connectivity index (χ2v) is 7.37. The lowest BCUT2D eigenvalue weighted by Gasteiger charge is -2.23. The molecule has 1 aliphatic rings. The smallest absolute Gasteiger partial charge is 0.255 e. The Balaban J connectivity index is 1.71. The number of nitrogens with one attached hydrogen (secondary N) is 1. The largest absolute Gasteiger partial charge is 0.494 e. The fourth-order valence-electron chi connectivity index (χ4n) is 2.93. The summed E-state index contributed by atoms with van der Waals surface area (Å²) in [6.45, 7) is 3.94. The van der Waals surface area contributed by atoms with Crippen LogP contribution in [0.15, 0.2) is 48.5 Å². The molecule has 28 heavy (non-hydrogen) atoms. The summed E-state index contributed by atoms with van der Waals surface area (Å²) < 4.78 is 5.40. The third kappa shape index (κ3) is 4.54. The minimum absolute atomic E-state index is 0.0696. The maximum Gasteiger partial charge on any atom is 0.255 e. The number of benzene rings is 2. The van der Waals surface area contributed by atoms with E-state index in [9.17, 15) is 14.4 Å². The molecule has 2 aromatic rings. The summed E-state index contributed by atoms with van der Waals surface area (Å²) in [6, 6.07) is 13.1. The number of ether oxygens (including phenoxy) is 1. The number of carbonyl (C=O) groups is 3. The fourth-order valence-corrected chi connectivity index (χ4v) is 4.08. The van der Waals surface area contributed by atoms with Gasteiger partial charge in [0.2, 0.25) is 5.91 Å². The number of hydrogen-bond donors (Lipinski definition) is 1. The van der Waals surface area contributed by atoms with Crippen LogP contribution in [0.5, 0.6) is 5.75 Å².